The molecule has 1 nitrogen and oxygen atoms in total. The van der Waals surface area contributed by atoms with Gasteiger partial charge in [0.25, 0.3) is 0 Å². The maximum absolute atomic E-state index is 5.18. The van der Waals surface area contributed by atoms with E-state index in [1.165, 1.54) is 16.7 Å². The van der Waals surface area contributed by atoms with Gasteiger partial charge in [-0.1, -0.05) is 61.5 Å². The smallest absolute Gasteiger partial charge is 0.118 e. The normalized spacial score (nSPS) is 11.9. The number of allylic oxidation sites excluding steroid dienone is 1. The van der Waals surface area contributed by atoms with Crippen LogP contribution in [0.1, 0.15) is 24.0 Å². The van der Waals surface area contributed by atoms with Gasteiger partial charge in [-0.25, -0.2) is 0 Å². The van der Waals surface area contributed by atoms with Crippen LogP contribution in [0.15, 0.2) is 66.7 Å². The number of ether oxygens (including phenoxy) is 1. The molecular formula is C18H20O. The van der Waals surface area contributed by atoms with Gasteiger partial charge in [0.05, 0.1) is 7.11 Å². The van der Waals surface area contributed by atoms with Crippen LogP contribution < -0.4 is 4.74 Å². The molecule has 0 bridgehead atoms. The molecule has 0 aromatic heterocycles. The summed E-state index contributed by atoms with van der Waals surface area (Å²) in [5.74, 6) is 1.25. The van der Waals surface area contributed by atoms with Crippen LogP contribution in [0.3, 0.4) is 0 Å². The largest absolute Gasteiger partial charge is 0.497 e. The van der Waals surface area contributed by atoms with Crippen LogP contribution in [0.25, 0.3) is 0 Å². The van der Waals surface area contributed by atoms with Crippen molar-refractivity contribution in [1.29, 1.82) is 0 Å². The van der Waals surface area contributed by atoms with Gasteiger partial charge in [0, 0.05) is 5.92 Å². The van der Waals surface area contributed by atoms with Crippen molar-refractivity contribution in [2.45, 2.75) is 19.3 Å². The first-order valence-electron chi connectivity index (χ1n) is 6.56. The first-order chi connectivity index (χ1) is 9.20. The highest BCUT2D eigenvalue weighted by Gasteiger charge is 2.10. The number of hydrogen-bond donors (Lipinski definition) is 0. The lowest BCUT2D eigenvalue weighted by Gasteiger charge is -2.16. The quantitative estimate of drug-likeness (QED) is 0.707. The van der Waals surface area contributed by atoms with E-state index in [1.54, 1.807) is 7.11 Å². The lowest BCUT2D eigenvalue weighted by molar-refractivity contribution is 0.414. The molecule has 98 valence electrons. The Balaban J connectivity index is 2.06. The summed E-state index contributed by atoms with van der Waals surface area (Å²) in [7, 11) is 1.69. The van der Waals surface area contributed by atoms with E-state index in [9.17, 15) is 0 Å². The van der Waals surface area contributed by atoms with E-state index >= 15 is 0 Å². The molecule has 2 aromatic carbocycles. The molecule has 2 rings (SSSR count). The molecule has 0 unspecified atom stereocenters. The monoisotopic (exact) mass is 252 g/mol. The SMILES string of the molecule is C=C(Cc1ccccc1)[C@H](C)c1ccc(OC)cc1. The van der Waals surface area contributed by atoms with Crippen molar-refractivity contribution in [3.63, 3.8) is 0 Å². The van der Waals surface area contributed by atoms with Gasteiger partial charge in [0.1, 0.15) is 5.75 Å². The number of hydrogen-bond acceptors (Lipinski definition) is 1. The van der Waals surface area contributed by atoms with Gasteiger partial charge in [0.15, 0.2) is 0 Å². The maximum atomic E-state index is 5.18. The van der Waals surface area contributed by atoms with E-state index in [0.29, 0.717) is 5.92 Å². The van der Waals surface area contributed by atoms with Gasteiger partial charge in [0.2, 0.25) is 0 Å². The Morgan fingerprint density at radius 3 is 2.26 bits per heavy atom. The minimum absolute atomic E-state index is 0.353. The highest BCUT2D eigenvalue weighted by atomic mass is 16.5. The fourth-order valence-electron chi connectivity index (χ4n) is 2.14. The van der Waals surface area contributed by atoms with Gasteiger partial charge in [-0.15, -0.1) is 0 Å². The van der Waals surface area contributed by atoms with Crippen molar-refractivity contribution in [3.05, 3.63) is 77.9 Å². The molecule has 0 aliphatic heterocycles. The number of methoxy groups -OCH3 is 1. The highest BCUT2D eigenvalue weighted by molar-refractivity contribution is 5.34. The van der Waals surface area contributed by atoms with Gasteiger partial charge < -0.3 is 4.74 Å². The second-order valence-electron chi connectivity index (χ2n) is 4.82. The van der Waals surface area contributed by atoms with Crippen molar-refractivity contribution in [3.8, 4) is 5.75 Å². The molecular weight excluding hydrogens is 232 g/mol. The van der Waals surface area contributed by atoms with Crippen LogP contribution >= 0.6 is 0 Å². The lowest BCUT2D eigenvalue weighted by atomic mass is 9.90. The van der Waals surface area contributed by atoms with E-state index in [0.717, 1.165) is 12.2 Å². The summed E-state index contributed by atoms with van der Waals surface area (Å²) >= 11 is 0. The molecule has 0 aliphatic carbocycles. The molecule has 0 radical (unpaired) electrons. The third-order valence-electron chi connectivity index (χ3n) is 3.50. The summed E-state index contributed by atoms with van der Waals surface area (Å²) in [4.78, 5) is 0. The molecule has 0 amide bonds. The maximum Gasteiger partial charge on any atom is 0.118 e. The molecule has 0 saturated carbocycles. The lowest BCUT2D eigenvalue weighted by Crippen LogP contribution is -2.00. The average Bonchev–Trinajstić information content (AvgIpc) is 2.47. The Morgan fingerprint density at radius 2 is 1.68 bits per heavy atom. The molecule has 1 heteroatoms. The zero-order valence-electron chi connectivity index (χ0n) is 11.6. The Morgan fingerprint density at radius 1 is 1.05 bits per heavy atom. The van der Waals surface area contributed by atoms with E-state index in [1.807, 2.05) is 18.2 Å². The fraction of sp³-hybridized carbons (Fsp3) is 0.222. The van der Waals surface area contributed by atoms with E-state index in [4.69, 9.17) is 4.74 Å². The minimum Gasteiger partial charge on any atom is -0.497 e. The fourth-order valence-corrected chi connectivity index (χ4v) is 2.14. The predicted molar refractivity (Wildman–Crippen MR) is 80.7 cm³/mol. The Hall–Kier alpha value is -2.02. The third kappa shape index (κ3) is 3.47. The Kier molecular flexibility index (Phi) is 4.40. The standard InChI is InChI=1S/C18H20O/c1-14(13-16-7-5-4-6-8-16)15(2)17-9-11-18(19-3)12-10-17/h4-12,15H,1,13H2,2-3H3/t15-/m0/s1. The van der Waals surface area contributed by atoms with E-state index < -0.39 is 0 Å². The molecule has 0 heterocycles. The van der Waals surface area contributed by atoms with Crippen molar-refractivity contribution in [2.24, 2.45) is 0 Å². The van der Waals surface area contributed by atoms with Crippen molar-refractivity contribution in [1.82, 2.24) is 0 Å². The Bertz CT molecular complexity index is 525. The van der Waals surface area contributed by atoms with E-state index in [2.05, 4.69) is 49.9 Å². The summed E-state index contributed by atoms with van der Waals surface area (Å²) in [6.07, 6.45) is 0.925. The molecule has 19 heavy (non-hydrogen) atoms. The predicted octanol–water partition coefficient (Wildman–Crippen LogP) is 4.60. The number of benzene rings is 2. The Labute approximate surface area is 115 Å². The molecule has 0 saturated heterocycles. The molecule has 2 aromatic rings. The van der Waals surface area contributed by atoms with Gasteiger partial charge in [-0.2, -0.15) is 0 Å². The number of rotatable bonds is 5. The summed E-state index contributed by atoms with van der Waals surface area (Å²) < 4.78 is 5.18. The second-order valence-corrected chi connectivity index (χ2v) is 4.82. The van der Waals surface area contributed by atoms with Crippen LogP contribution in [0.5, 0.6) is 5.75 Å². The second kappa shape index (κ2) is 6.24. The first kappa shape index (κ1) is 13.4. The van der Waals surface area contributed by atoms with Gasteiger partial charge in [-0.3, -0.25) is 0 Å². The molecule has 1 atom stereocenters. The third-order valence-corrected chi connectivity index (χ3v) is 3.50. The van der Waals surface area contributed by atoms with Crippen LogP contribution in [0.2, 0.25) is 0 Å². The molecule has 0 aliphatic rings. The van der Waals surface area contributed by atoms with Gasteiger partial charge in [-0.05, 0) is 29.7 Å². The van der Waals surface area contributed by atoms with Crippen molar-refractivity contribution < 1.29 is 4.74 Å². The summed E-state index contributed by atoms with van der Waals surface area (Å²) in [5.41, 5.74) is 3.82. The average molecular weight is 252 g/mol. The molecule has 0 spiro atoms. The molecule has 0 fully saturated rings. The summed E-state index contributed by atoms with van der Waals surface area (Å²) in [5, 5.41) is 0. The van der Waals surface area contributed by atoms with Crippen LogP contribution in [-0.2, 0) is 6.42 Å². The highest BCUT2D eigenvalue weighted by Crippen LogP contribution is 2.26. The zero-order valence-corrected chi connectivity index (χ0v) is 11.6. The van der Waals surface area contributed by atoms with Crippen molar-refractivity contribution >= 4 is 0 Å². The summed E-state index contributed by atoms with van der Waals surface area (Å²) in [6.45, 7) is 6.44. The van der Waals surface area contributed by atoms with Gasteiger partial charge >= 0.3 is 0 Å². The van der Waals surface area contributed by atoms with Crippen molar-refractivity contribution in [2.75, 3.05) is 7.11 Å². The zero-order chi connectivity index (χ0) is 13.7. The van der Waals surface area contributed by atoms with Crippen LogP contribution in [0.4, 0.5) is 0 Å². The van der Waals surface area contributed by atoms with E-state index in [-0.39, 0.29) is 0 Å². The first-order valence-corrected chi connectivity index (χ1v) is 6.56. The summed E-state index contributed by atoms with van der Waals surface area (Å²) in [6, 6.07) is 18.7. The topological polar surface area (TPSA) is 9.23 Å². The minimum atomic E-state index is 0.353. The van der Waals surface area contributed by atoms with Crippen LogP contribution in [0, 0.1) is 0 Å². The molecule has 0 N–H and O–H groups in total. The van der Waals surface area contributed by atoms with Crippen LogP contribution in [-0.4, -0.2) is 7.11 Å².